The summed E-state index contributed by atoms with van der Waals surface area (Å²) in [4.78, 5) is 51.8. The van der Waals surface area contributed by atoms with Gasteiger partial charge in [0.2, 0.25) is 17.6 Å². The van der Waals surface area contributed by atoms with Crippen molar-refractivity contribution in [3.05, 3.63) is 0 Å². The van der Waals surface area contributed by atoms with E-state index in [1.807, 2.05) is 48.5 Å². The van der Waals surface area contributed by atoms with Gasteiger partial charge in [0.05, 0.1) is 12.1 Å². The molecule has 1 fully saturated rings. The number of rotatable bonds is 7. The van der Waals surface area contributed by atoms with Gasteiger partial charge in [0.1, 0.15) is 6.04 Å². The molecule has 1 aliphatic heterocycles. The zero-order chi connectivity index (χ0) is 22.7. The minimum Gasteiger partial charge on any atom is -0.344 e. The lowest BCUT2D eigenvalue weighted by Crippen LogP contribution is -2.58. The molecule has 1 rings (SSSR count). The summed E-state index contributed by atoms with van der Waals surface area (Å²) in [6, 6.07) is -2.31. The van der Waals surface area contributed by atoms with Gasteiger partial charge < -0.3 is 16.0 Å². The second kappa shape index (κ2) is 9.37. The van der Waals surface area contributed by atoms with Gasteiger partial charge in [0, 0.05) is 13.5 Å². The van der Waals surface area contributed by atoms with Gasteiger partial charge >= 0.3 is 0 Å². The van der Waals surface area contributed by atoms with E-state index in [0.29, 0.717) is 25.8 Å². The van der Waals surface area contributed by atoms with Gasteiger partial charge in [-0.15, -0.1) is 0 Å². The summed E-state index contributed by atoms with van der Waals surface area (Å²) in [6.45, 7) is 15.3. The fraction of sp³-hybridized carbons (Fsp3) is 0.818. The summed E-state index contributed by atoms with van der Waals surface area (Å²) in [5.41, 5.74) is 5.55. The Hall–Kier alpha value is -1.76. The van der Waals surface area contributed by atoms with Crippen LogP contribution in [0.25, 0.3) is 0 Å². The number of nitrogens with two attached hydrogens (primary N) is 1. The smallest absolute Gasteiger partial charge is 0.243 e. The van der Waals surface area contributed by atoms with Crippen molar-refractivity contribution in [3.63, 3.8) is 0 Å². The Morgan fingerprint density at radius 2 is 1.66 bits per heavy atom. The summed E-state index contributed by atoms with van der Waals surface area (Å²) in [6.07, 6.45) is 1.71. The number of carbonyl (C=O) groups excluding carboxylic acids is 4. The van der Waals surface area contributed by atoms with Crippen molar-refractivity contribution >= 4 is 23.4 Å². The Labute approximate surface area is 175 Å². The highest BCUT2D eigenvalue weighted by Gasteiger charge is 2.49. The molecule has 0 aromatic rings. The van der Waals surface area contributed by atoms with E-state index in [2.05, 4.69) is 5.32 Å². The number of ketones is 2. The third-order valence-corrected chi connectivity index (χ3v) is 5.82. The Balaban J connectivity index is 3.22. The fourth-order valence-electron chi connectivity index (χ4n) is 3.88. The Morgan fingerprint density at radius 1 is 1.10 bits per heavy atom. The van der Waals surface area contributed by atoms with Crippen molar-refractivity contribution in [2.75, 3.05) is 6.54 Å². The molecule has 0 radical (unpaired) electrons. The molecule has 0 aromatic carbocycles. The molecule has 166 valence electrons. The number of hydrogen-bond donors (Lipinski definition) is 2. The minimum atomic E-state index is -0.862. The van der Waals surface area contributed by atoms with E-state index in [9.17, 15) is 19.2 Å². The summed E-state index contributed by atoms with van der Waals surface area (Å²) in [5.74, 6) is -1.90. The first-order chi connectivity index (χ1) is 13.1. The molecule has 0 aliphatic carbocycles. The number of nitrogens with one attached hydrogen (secondary N) is 1. The molecule has 2 amide bonds. The zero-order valence-electron chi connectivity index (χ0n) is 19.3. The molecule has 0 saturated carbocycles. The van der Waals surface area contributed by atoms with Crippen molar-refractivity contribution < 1.29 is 19.2 Å². The molecule has 0 aromatic heterocycles. The molecular weight excluding hydrogens is 370 g/mol. The van der Waals surface area contributed by atoms with Crippen LogP contribution in [-0.2, 0) is 19.2 Å². The minimum absolute atomic E-state index is 0.0756. The van der Waals surface area contributed by atoms with Gasteiger partial charge in [-0.2, -0.15) is 0 Å². The van der Waals surface area contributed by atoms with Gasteiger partial charge in [-0.05, 0) is 29.6 Å². The molecule has 0 bridgehead atoms. The summed E-state index contributed by atoms with van der Waals surface area (Å²) in [5, 5.41) is 2.76. The Morgan fingerprint density at radius 3 is 2.07 bits per heavy atom. The van der Waals surface area contributed by atoms with Crippen LogP contribution in [0.5, 0.6) is 0 Å². The summed E-state index contributed by atoms with van der Waals surface area (Å²) in [7, 11) is 0. The van der Waals surface area contributed by atoms with E-state index in [1.54, 1.807) is 4.90 Å². The molecule has 1 aliphatic rings. The summed E-state index contributed by atoms with van der Waals surface area (Å²) >= 11 is 0. The molecule has 1 unspecified atom stereocenters. The van der Waals surface area contributed by atoms with Crippen molar-refractivity contribution in [2.45, 2.75) is 92.8 Å². The average molecular weight is 410 g/mol. The molecule has 4 atom stereocenters. The van der Waals surface area contributed by atoms with Crippen molar-refractivity contribution in [3.8, 4) is 0 Å². The molecule has 0 spiro atoms. The van der Waals surface area contributed by atoms with E-state index < -0.39 is 35.1 Å². The number of hydrogen-bond acceptors (Lipinski definition) is 5. The molecule has 7 heteroatoms. The average Bonchev–Trinajstić information content (AvgIpc) is 3.03. The SMILES string of the molecule is CCCC(NC(=O)[C@@H]1[C@@H](C(C)(C)C)CCN1C(=O)[C@@H](N)C(C)(C)C)C(=O)C(C)=O. The third-order valence-electron chi connectivity index (χ3n) is 5.82. The Kier molecular flexibility index (Phi) is 8.17. The maximum atomic E-state index is 13.3. The monoisotopic (exact) mass is 409 g/mol. The normalized spacial score (nSPS) is 22.2. The topological polar surface area (TPSA) is 110 Å². The first-order valence-electron chi connectivity index (χ1n) is 10.5. The van der Waals surface area contributed by atoms with Gasteiger partial charge in [-0.3, -0.25) is 19.2 Å². The number of amides is 2. The molecule has 1 heterocycles. The van der Waals surface area contributed by atoms with E-state index >= 15 is 0 Å². The van der Waals surface area contributed by atoms with E-state index in [1.165, 1.54) is 6.92 Å². The highest BCUT2D eigenvalue weighted by atomic mass is 16.2. The van der Waals surface area contributed by atoms with E-state index in [0.717, 1.165) is 0 Å². The van der Waals surface area contributed by atoms with Crippen LogP contribution < -0.4 is 11.1 Å². The summed E-state index contributed by atoms with van der Waals surface area (Å²) < 4.78 is 0. The quantitative estimate of drug-likeness (QED) is 0.626. The number of carbonyl (C=O) groups is 4. The molecular formula is C22H39N3O4. The van der Waals surface area contributed by atoms with E-state index in [4.69, 9.17) is 5.73 Å². The highest BCUT2D eigenvalue weighted by molar-refractivity contribution is 6.38. The molecule has 7 nitrogen and oxygen atoms in total. The molecule has 3 N–H and O–H groups in total. The third kappa shape index (κ3) is 6.11. The predicted molar refractivity (Wildman–Crippen MR) is 113 cm³/mol. The van der Waals surface area contributed by atoms with Gasteiger partial charge in [-0.1, -0.05) is 54.9 Å². The van der Waals surface area contributed by atoms with Crippen molar-refractivity contribution in [1.29, 1.82) is 0 Å². The van der Waals surface area contributed by atoms with Crippen LogP contribution in [0.3, 0.4) is 0 Å². The molecule has 1 saturated heterocycles. The van der Waals surface area contributed by atoms with Gasteiger partial charge in [0.25, 0.3) is 0 Å². The maximum Gasteiger partial charge on any atom is 0.243 e. The van der Waals surface area contributed by atoms with Gasteiger partial charge in [-0.25, -0.2) is 0 Å². The van der Waals surface area contributed by atoms with E-state index in [-0.39, 0.29) is 23.1 Å². The molecule has 29 heavy (non-hydrogen) atoms. The van der Waals surface area contributed by atoms with Crippen molar-refractivity contribution in [1.82, 2.24) is 10.2 Å². The fourth-order valence-corrected chi connectivity index (χ4v) is 3.88. The number of nitrogens with zero attached hydrogens (tertiary/aromatic N) is 1. The van der Waals surface area contributed by atoms with Crippen LogP contribution in [0.4, 0.5) is 0 Å². The van der Waals surface area contributed by atoms with Crippen LogP contribution in [-0.4, -0.2) is 53.0 Å². The van der Waals surface area contributed by atoms with Crippen molar-refractivity contribution in [2.24, 2.45) is 22.5 Å². The standard InChI is InChI=1S/C22H39N3O4/c1-9-10-15(17(27)13(2)26)24-19(28)16-14(21(3,4)5)11-12-25(16)20(29)18(23)22(6,7)8/h14-16,18H,9-12,23H2,1-8H3,(H,24,28)/t14-,15?,16-,18+/m0/s1. The maximum absolute atomic E-state index is 13.3. The van der Waals surface area contributed by atoms with Gasteiger partial charge in [0.15, 0.2) is 5.78 Å². The van der Waals surface area contributed by atoms with Crippen LogP contribution >= 0.6 is 0 Å². The van der Waals surface area contributed by atoms with Crippen LogP contribution in [0.1, 0.15) is 74.7 Å². The second-order valence-corrected chi connectivity index (χ2v) is 10.4. The largest absolute Gasteiger partial charge is 0.344 e. The first kappa shape index (κ1) is 25.3. The second-order valence-electron chi connectivity index (χ2n) is 10.4. The van der Waals surface area contributed by atoms with Crippen LogP contribution in [0.15, 0.2) is 0 Å². The predicted octanol–water partition coefficient (Wildman–Crippen LogP) is 2.07. The lowest BCUT2D eigenvalue weighted by atomic mass is 9.75. The zero-order valence-corrected chi connectivity index (χ0v) is 19.3. The van der Waals surface area contributed by atoms with Crippen LogP contribution in [0, 0.1) is 16.7 Å². The lowest BCUT2D eigenvalue weighted by Gasteiger charge is -2.37. The lowest BCUT2D eigenvalue weighted by molar-refractivity contribution is -0.144. The Bertz CT molecular complexity index is 645. The van der Waals surface area contributed by atoms with Crippen LogP contribution in [0.2, 0.25) is 0 Å². The highest BCUT2D eigenvalue weighted by Crippen LogP contribution is 2.39. The number of likely N-dealkylation sites (tertiary alicyclic amines) is 1. The number of Topliss-reactive ketones (excluding diaryl/α,β-unsaturated/α-hetero) is 2. The first-order valence-corrected chi connectivity index (χ1v) is 10.5.